The van der Waals surface area contributed by atoms with E-state index in [2.05, 4.69) is 25.2 Å². The van der Waals surface area contributed by atoms with E-state index >= 15 is 0 Å². The number of amides is 1. The summed E-state index contributed by atoms with van der Waals surface area (Å²) in [7, 11) is 0. The highest BCUT2D eigenvalue weighted by molar-refractivity contribution is 6.30. The number of pyridine rings is 1. The van der Waals surface area contributed by atoms with E-state index in [1.54, 1.807) is 30.5 Å². The van der Waals surface area contributed by atoms with Crippen molar-refractivity contribution in [2.75, 3.05) is 18.4 Å². The van der Waals surface area contributed by atoms with Gasteiger partial charge in [-0.05, 0) is 67.9 Å². The normalized spacial score (nSPS) is 14.5. The van der Waals surface area contributed by atoms with Crippen molar-refractivity contribution in [1.82, 2.24) is 19.9 Å². The number of nitrogens with one attached hydrogen (secondary N) is 2. The maximum atomic E-state index is 13.6. The molecule has 0 radical (unpaired) electrons. The lowest BCUT2D eigenvalue weighted by Crippen LogP contribution is -2.18. The molecular formula is C25H21ClF3N5O. The van der Waals surface area contributed by atoms with Crippen molar-refractivity contribution in [2.24, 2.45) is 0 Å². The van der Waals surface area contributed by atoms with Crippen molar-refractivity contribution >= 4 is 34.4 Å². The Morgan fingerprint density at radius 3 is 2.63 bits per heavy atom. The standard InChI is InChI=1S/C25H21ClF3N5O/c26-16-7-8-17(19(12-16)25(27,28)29)23-31-20-5-3-4-18(22(20)33-23)24(35)32-21-9-6-15(13-30-21)14-34-10-1-2-11-34/h3-9,12-13H,1-2,10-11,14H2,(H,31,33)(H,30,32,35). The Balaban J connectivity index is 1.40. The molecular weight excluding hydrogens is 479 g/mol. The van der Waals surface area contributed by atoms with Crippen molar-refractivity contribution in [3.05, 3.63) is 76.4 Å². The summed E-state index contributed by atoms with van der Waals surface area (Å²) in [6.45, 7) is 2.98. The first-order valence-electron chi connectivity index (χ1n) is 11.1. The van der Waals surface area contributed by atoms with E-state index in [-0.39, 0.29) is 27.5 Å². The lowest BCUT2D eigenvalue weighted by Gasteiger charge is -2.14. The van der Waals surface area contributed by atoms with Crippen LogP contribution in [0, 0.1) is 0 Å². The van der Waals surface area contributed by atoms with E-state index in [1.807, 2.05) is 6.07 Å². The minimum absolute atomic E-state index is 0.00590. The van der Waals surface area contributed by atoms with Gasteiger partial charge in [-0.1, -0.05) is 23.7 Å². The van der Waals surface area contributed by atoms with Gasteiger partial charge in [0.1, 0.15) is 17.2 Å². The van der Waals surface area contributed by atoms with E-state index in [0.717, 1.165) is 31.3 Å². The van der Waals surface area contributed by atoms with Crippen LogP contribution in [0.2, 0.25) is 5.02 Å². The van der Waals surface area contributed by atoms with E-state index < -0.39 is 17.6 Å². The van der Waals surface area contributed by atoms with Gasteiger partial charge in [0.25, 0.3) is 5.91 Å². The Bertz CT molecular complexity index is 1380. The summed E-state index contributed by atoms with van der Waals surface area (Å²) in [5.74, 6) is -0.0841. The van der Waals surface area contributed by atoms with Crippen molar-refractivity contribution in [2.45, 2.75) is 25.6 Å². The lowest BCUT2D eigenvalue weighted by atomic mass is 10.1. The Morgan fingerprint density at radius 1 is 1.11 bits per heavy atom. The lowest BCUT2D eigenvalue weighted by molar-refractivity contribution is -0.137. The molecule has 0 spiro atoms. The van der Waals surface area contributed by atoms with Crippen LogP contribution in [-0.2, 0) is 12.7 Å². The average molecular weight is 500 g/mol. The number of hydrogen-bond acceptors (Lipinski definition) is 4. The van der Waals surface area contributed by atoms with Gasteiger partial charge in [0.2, 0.25) is 0 Å². The Hall–Kier alpha value is -3.43. The molecule has 10 heteroatoms. The molecule has 6 nitrogen and oxygen atoms in total. The molecule has 0 atom stereocenters. The van der Waals surface area contributed by atoms with E-state index in [1.165, 1.54) is 25.0 Å². The highest BCUT2D eigenvalue weighted by atomic mass is 35.5. The van der Waals surface area contributed by atoms with Crippen molar-refractivity contribution in [3.8, 4) is 11.4 Å². The quantitative estimate of drug-likeness (QED) is 0.345. The Labute approximate surface area is 204 Å². The molecule has 1 aliphatic heterocycles. The number of fused-ring (bicyclic) bond motifs is 1. The molecule has 0 aliphatic carbocycles. The van der Waals surface area contributed by atoms with Crippen LogP contribution in [0.1, 0.15) is 34.3 Å². The van der Waals surface area contributed by atoms with Gasteiger partial charge in [0.05, 0.1) is 16.6 Å². The predicted molar refractivity (Wildman–Crippen MR) is 128 cm³/mol. The molecule has 1 amide bonds. The SMILES string of the molecule is O=C(Nc1ccc(CN2CCCC2)cn1)c1cccc2[nH]c(-c3ccc(Cl)cc3C(F)(F)F)nc12. The molecule has 35 heavy (non-hydrogen) atoms. The fourth-order valence-electron chi connectivity index (χ4n) is 4.27. The molecule has 1 fully saturated rings. The first kappa shape index (κ1) is 23.3. The van der Waals surface area contributed by atoms with Gasteiger partial charge in [0.15, 0.2) is 0 Å². The number of carbonyl (C=O) groups excluding carboxylic acids is 1. The van der Waals surface area contributed by atoms with Crippen LogP contribution < -0.4 is 5.32 Å². The number of hydrogen-bond donors (Lipinski definition) is 2. The van der Waals surface area contributed by atoms with E-state index in [4.69, 9.17) is 11.6 Å². The fraction of sp³-hybridized carbons (Fsp3) is 0.240. The van der Waals surface area contributed by atoms with Gasteiger partial charge in [-0.15, -0.1) is 0 Å². The number of alkyl halides is 3. The number of aromatic nitrogens is 3. The minimum atomic E-state index is -4.62. The number of rotatable bonds is 5. The highest BCUT2D eigenvalue weighted by Crippen LogP contribution is 2.38. The number of H-pyrrole nitrogens is 1. The van der Waals surface area contributed by atoms with Crippen LogP contribution in [0.25, 0.3) is 22.4 Å². The number of imidazole rings is 1. The molecule has 5 rings (SSSR count). The summed E-state index contributed by atoms with van der Waals surface area (Å²) in [6, 6.07) is 12.0. The third kappa shape index (κ3) is 5.01. The molecule has 3 heterocycles. The largest absolute Gasteiger partial charge is 0.417 e. The maximum Gasteiger partial charge on any atom is 0.417 e. The third-order valence-corrected chi connectivity index (χ3v) is 6.21. The molecule has 1 saturated heterocycles. The molecule has 4 aromatic rings. The second-order valence-corrected chi connectivity index (χ2v) is 8.90. The van der Waals surface area contributed by atoms with Crippen LogP contribution in [0.3, 0.4) is 0 Å². The summed E-state index contributed by atoms with van der Waals surface area (Å²) in [5, 5.41) is 2.72. The molecule has 1 aliphatic rings. The van der Waals surface area contributed by atoms with E-state index in [9.17, 15) is 18.0 Å². The van der Waals surface area contributed by atoms with Gasteiger partial charge >= 0.3 is 6.18 Å². The fourth-order valence-corrected chi connectivity index (χ4v) is 4.45. The molecule has 2 aromatic carbocycles. The zero-order valence-corrected chi connectivity index (χ0v) is 19.2. The summed E-state index contributed by atoms with van der Waals surface area (Å²) >= 11 is 5.79. The molecule has 0 unspecified atom stereocenters. The van der Waals surface area contributed by atoms with Crippen molar-refractivity contribution in [1.29, 1.82) is 0 Å². The van der Waals surface area contributed by atoms with Gasteiger partial charge in [-0.3, -0.25) is 9.69 Å². The number of anilines is 1. The Kier molecular flexibility index (Phi) is 6.21. The number of para-hydroxylation sites is 1. The van der Waals surface area contributed by atoms with E-state index in [0.29, 0.717) is 11.3 Å². The molecule has 180 valence electrons. The summed E-state index contributed by atoms with van der Waals surface area (Å²) < 4.78 is 40.8. The smallest absolute Gasteiger partial charge is 0.338 e. The van der Waals surface area contributed by atoms with Crippen LogP contribution in [0.5, 0.6) is 0 Å². The predicted octanol–water partition coefficient (Wildman–Crippen LogP) is 6.15. The molecule has 0 saturated carbocycles. The van der Waals surface area contributed by atoms with Crippen LogP contribution in [-0.4, -0.2) is 38.8 Å². The zero-order valence-electron chi connectivity index (χ0n) is 18.5. The van der Waals surface area contributed by atoms with Crippen LogP contribution >= 0.6 is 11.6 Å². The topological polar surface area (TPSA) is 73.9 Å². The highest BCUT2D eigenvalue weighted by Gasteiger charge is 2.35. The number of carbonyl (C=O) groups is 1. The van der Waals surface area contributed by atoms with Crippen LogP contribution in [0.4, 0.5) is 19.0 Å². The summed E-state index contributed by atoms with van der Waals surface area (Å²) in [4.78, 5) is 26.9. The second kappa shape index (κ2) is 9.31. The Morgan fingerprint density at radius 2 is 1.91 bits per heavy atom. The number of nitrogens with zero attached hydrogens (tertiary/aromatic N) is 3. The average Bonchev–Trinajstić information content (AvgIpc) is 3.49. The number of halogens is 4. The monoisotopic (exact) mass is 499 g/mol. The van der Waals surface area contributed by atoms with Gasteiger partial charge < -0.3 is 10.3 Å². The minimum Gasteiger partial charge on any atom is -0.338 e. The van der Waals surface area contributed by atoms with Crippen LogP contribution in [0.15, 0.2) is 54.7 Å². The van der Waals surface area contributed by atoms with Gasteiger partial charge in [-0.2, -0.15) is 13.2 Å². The number of likely N-dealkylation sites (tertiary alicyclic amines) is 1. The maximum absolute atomic E-state index is 13.6. The van der Waals surface area contributed by atoms with Gasteiger partial charge in [-0.25, -0.2) is 9.97 Å². The third-order valence-electron chi connectivity index (χ3n) is 5.97. The molecule has 0 bridgehead atoms. The summed E-state index contributed by atoms with van der Waals surface area (Å²) in [6.07, 6.45) is -0.471. The first-order valence-corrected chi connectivity index (χ1v) is 11.5. The van der Waals surface area contributed by atoms with Crippen molar-refractivity contribution in [3.63, 3.8) is 0 Å². The molecule has 2 aromatic heterocycles. The van der Waals surface area contributed by atoms with Gasteiger partial charge in [0, 0.05) is 23.3 Å². The second-order valence-electron chi connectivity index (χ2n) is 8.46. The zero-order chi connectivity index (χ0) is 24.6. The first-order chi connectivity index (χ1) is 16.8. The molecule has 2 N–H and O–H groups in total. The summed E-state index contributed by atoms with van der Waals surface area (Å²) in [5.41, 5.74) is 0.911. The number of benzene rings is 2. The number of aromatic amines is 1. The van der Waals surface area contributed by atoms with Crippen molar-refractivity contribution < 1.29 is 18.0 Å².